The molecule has 228 valence electrons. The van der Waals surface area contributed by atoms with Gasteiger partial charge < -0.3 is 30.9 Å². The predicted molar refractivity (Wildman–Crippen MR) is 171 cm³/mol. The minimum absolute atomic E-state index is 0.0181. The first-order valence-electron chi connectivity index (χ1n) is 14.2. The lowest BCUT2D eigenvalue weighted by Crippen LogP contribution is -2.37. The van der Waals surface area contributed by atoms with E-state index in [4.69, 9.17) is 20.4 Å². The van der Waals surface area contributed by atoms with E-state index in [0.717, 1.165) is 22.3 Å². The number of nitrogens with one attached hydrogen (secondary N) is 2. The Hall–Kier alpha value is -5.69. The van der Waals surface area contributed by atoms with Crippen LogP contribution in [0.15, 0.2) is 73.1 Å². The minimum atomic E-state index is -0.654. The van der Waals surface area contributed by atoms with Crippen molar-refractivity contribution in [3.8, 4) is 22.5 Å². The molecule has 3 heterocycles. The number of nitrogen functional groups attached to an aromatic ring is 1. The van der Waals surface area contributed by atoms with Gasteiger partial charge in [0, 0.05) is 67.3 Å². The summed E-state index contributed by atoms with van der Waals surface area (Å²) in [5.74, 6) is 0.426. The number of hydrogen-bond donors (Lipinski definition) is 3. The third-order valence-corrected chi connectivity index (χ3v) is 7.26. The van der Waals surface area contributed by atoms with Crippen molar-refractivity contribution in [2.45, 2.75) is 0 Å². The summed E-state index contributed by atoms with van der Waals surface area (Å²) < 4.78 is 20.9. The topological polar surface area (TPSA) is 151 Å². The number of benzene rings is 3. The summed E-state index contributed by atoms with van der Waals surface area (Å²) in [7, 11) is 3.32. The zero-order chi connectivity index (χ0) is 31.5. The van der Waals surface area contributed by atoms with Gasteiger partial charge in [-0.3, -0.25) is 4.79 Å². The zero-order valence-electron chi connectivity index (χ0n) is 24.6. The van der Waals surface area contributed by atoms with Crippen molar-refractivity contribution in [3.63, 3.8) is 0 Å². The number of amides is 3. The second kappa shape index (κ2) is 12.5. The molecule has 45 heavy (non-hydrogen) atoms. The van der Waals surface area contributed by atoms with Gasteiger partial charge in [0.2, 0.25) is 5.95 Å². The highest BCUT2D eigenvalue weighted by Gasteiger charge is 2.20. The SMILES string of the molecule is CN(C)C(=O)c1ccc(NC(=O)Nc2ccc(-c3nc(N4CCOCC4)c4ccc(-c5cnc(N)nc5)cc4n3)cc2F)cc1. The van der Waals surface area contributed by atoms with Gasteiger partial charge in [-0.2, -0.15) is 0 Å². The number of carbonyl (C=O) groups is 2. The highest BCUT2D eigenvalue weighted by molar-refractivity contribution is 6.01. The number of halogens is 1. The summed E-state index contributed by atoms with van der Waals surface area (Å²) in [5.41, 5.74) is 9.30. The lowest BCUT2D eigenvalue weighted by Gasteiger charge is -2.29. The summed E-state index contributed by atoms with van der Waals surface area (Å²) in [5, 5.41) is 6.02. The number of fused-ring (bicyclic) bond motifs is 1. The number of anilines is 4. The summed E-state index contributed by atoms with van der Waals surface area (Å²) in [6.07, 6.45) is 3.29. The van der Waals surface area contributed by atoms with Crippen LogP contribution in [0.1, 0.15) is 10.4 Å². The molecule has 0 radical (unpaired) electrons. The Morgan fingerprint density at radius 2 is 1.60 bits per heavy atom. The van der Waals surface area contributed by atoms with Crippen LogP contribution in [-0.4, -0.2) is 77.2 Å². The van der Waals surface area contributed by atoms with Crippen molar-refractivity contribution >= 4 is 46.0 Å². The second-order valence-electron chi connectivity index (χ2n) is 10.6. The number of urea groups is 1. The Balaban J connectivity index is 1.27. The molecule has 1 saturated heterocycles. The molecule has 0 unspecified atom stereocenters. The Bertz CT molecular complexity index is 1880. The fraction of sp³-hybridized carbons (Fsp3) is 0.188. The van der Waals surface area contributed by atoms with E-state index in [9.17, 15) is 9.59 Å². The van der Waals surface area contributed by atoms with Crippen LogP contribution in [0, 0.1) is 5.82 Å². The molecule has 0 bridgehead atoms. The largest absolute Gasteiger partial charge is 0.378 e. The van der Waals surface area contributed by atoms with E-state index in [1.165, 1.54) is 17.0 Å². The standard InChI is InChI=1S/C32H30FN9O3/c1-41(2)30(43)19-3-7-23(8-4-19)37-32(44)39-26-10-6-21(15-25(26)33)28-38-27-16-20(22-17-35-31(34)36-18-22)5-9-24(27)29(40-28)42-11-13-45-14-12-42/h3-10,15-18H,11-14H2,1-2H3,(H2,34,35,36)(H2,37,39,44). The molecule has 12 nitrogen and oxygen atoms in total. The van der Waals surface area contributed by atoms with Gasteiger partial charge in [0.1, 0.15) is 11.6 Å². The highest BCUT2D eigenvalue weighted by atomic mass is 19.1. The van der Waals surface area contributed by atoms with Crippen LogP contribution >= 0.6 is 0 Å². The maximum absolute atomic E-state index is 15.3. The molecule has 1 aliphatic heterocycles. The van der Waals surface area contributed by atoms with Crippen LogP contribution < -0.4 is 21.3 Å². The summed E-state index contributed by atoms with van der Waals surface area (Å²) in [4.78, 5) is 46.1. The fourth-order valence-electron chi connectivity index (χ4n) is 4.92. The van der Waals surface area contributed by atoms with Crippen molar-refractivity contribution in [1.82, 2.24) is 24.8 Å². The van der Waals surface area contributed by atoms with E-state index in [-0.39, 0.29) is 17.5 Å². The van der Waals surface area contributed by atoms with E-state index in [1.807, 2.05) is 18.2 Å². The van der Waals surface area contributed by atoms with Crippen molar-refractivity contribution in [2.75, 3.05) is 61.7 Å². The average Bonchev–Trinajstić information content (AvgIpc) is 3.05. The number of nitrogens with zero attached hydrogens (tertiary/aromatic N) is 6. The summed E-state index contributed by atoms with van der Waals surface area (Å²) >= 11 is 0. The molecular formula is C32H30FN9O3. The van der Waals surface area contributed by atoms with Gasteiger partial charge in [0.15, 0.2) is 5.82 Å². The van der Waals surface area contributed by atoms with E-state index >= 15 is 4.39 Å². The Morgan fingerprint density at radius 1 is 0.889 bits per heavy atom. The van der Waals surface area contributed by atoms with Gasteiger partial charge >= 0.3 is 6.03 Å². The van der Waals surface area contributed by atoms with Gasteiger partial charge in [0.05, 0.1) is 24.4 Å². The van der Waals surface area contributed by atoms with Crippen LogP contribution in [0.3, 0.4) is 0 Å². The molecule has 2 aromatic heterocycles. The number of nitrogens with two attached hydrogens (primary N) is 1. The first-order chi connectivity index (χ1) is 21.7. The lowest BCUT2D eigenvalue weighted by molar-refractivity contribution is 0.0827. The van der Waals surface area contributed by atoms with Crippen molar-refractivity contribution in [3.05, 3.63) is 84.4 Å². The van der Waals surface area contributed by atoms with Crippen LogP contribution in [-0.2, 0) is 4.74 Å². The van der Waals surface area contributed by atoms with Crippen LogP contribution in [0.2, 0.25) is 0 Å². The first-order valence-corrected chi connectivity index (χ1v) is 14.2. The molecule has 0 saturated carbocycles. The first kappa shape index (κ1) is 29.4. The average molecular weight is 608 g/mol. The molecule has 3 amide bonds. The van der Waals surface area contributed by atoms with Crippen molar-refractivity contribution < 1.29 is 18.7 Å². The molecule has 1 fully saturated rings. The number of aromatic nitrogens is 4. The quantitative estimate of drug-likeness (QED) is 0.250. The van der Waals surface area contributed by atoms with Crippen molar-refractivity contribution in [2.24, 2.45) is 0 Å². The van der Waals surface area contributed by atoms with Gasteiger partial charge in [-0.1, -0.05) is 6.07 Å². The van der Waals surface area contributed by atoms with E-state index in [0.29, 0.717) is 54.5 Å². The molecule has 0 spiro atoms. The highest BCUT2D eigenvalue weighted by Crippen LogP contribution is 2.32. The minimum Gasteiger partial charge on any atom is -0.378 e. The van der Waals surface area contributed by atoms with Gasteiger partial charge in [-0.15, -0.1) is 0 Å². The molecule has 1 aliphatic rings. The van der Waals surface area contributed by atoms with Crippen LogP contribution in [0.5, 0.6) is 0 Å². The number of morpholine rings is 1. The number of rotatable bonds is 6. The molecule has 3 aromatic carbocycles. The summed E-state index contributed by atoms with van der Waals surface area (Å²) in [6, 6.07) is 16.0. The Morgan fingerprint density at radius 3 is 2.29 bits per heavy atom. The number of ether oxygens (including phenoxy) is 1. The molecule has 13 heteroatoms. The molecule has 6 rings (SSSR count). The monoisotopic (exact) mass is 607 g/mol. The zero-order valence-corrected chi connectivity index (χ0v) is 24.6. The Labute approximate surface area is 258 Å². The fourth-order valence-corrected chi connectivity index (χ4v) is 4.92. The maximum atomic E-state index is 15.3. The molecule has 4 N–H and O–H groups in total. The number of carbonyl (C=O) groups excluding carboxylic acids is 2. The molecule has 0 atom stereocenters. The molecular weight excluding hydrogens is 577 g/mol. The van der Waals surface area contributed by atoms with E-state index in [1.54, 1.807) is 56.8 Å². The van der Waals surface area contributed by atoms with E-state index in [2.05, 4.69) is 25.5 Å². The molecule has 5 aromatic rings. The smallest absolute Gasteiger partial charge is 0.323 e. The van der Waals surface area contributed by atoms with Crippen molar-refractivity contribution in [1.29, 1.82) is 0 Å². The van der Waals surface area contributed by atoms with E-state index < -0.39 is 11.8 Å². The predicted octanol–water partition coefficient (Wildman–Crippen LogP) is 4.66. The van der Waals surface area contributed by atoms with Crippen LogP contribution in [0.4, 0.5) is 32.3 Å². The lowest BCUT2D eigenvalue weighted by atomic mass is 10.1. The third kappa shape index (κ3) is 6.48. The van der Waals surface area contributed by atoms with Gasteiger partial charge in [0.25, 0.3) is 5.91 Å². The summed E-state index contributed by atoms with van der Waals surface area (Å²) in [6.45, 7) is 2.44. The maximum Gasteiger partial charge on any atom is 0.323 e. The third-order valence-electron chi connectivity index (χ3n) is 7.26. The molecule has 0 aliphatic carbocycles. The van der Waals surface area contributed by atoms with Gasteiger partial charge in [-0.05, 0) is 60.2 Å². The van der Waals surface area contributed by atoms with Gasteiger partial charge in [-0.25, -0.2) is 29.1 Å². The normalized spacial score (nSPS) is 13.0. The number of hydrogen-bond acceptors (Lipinski definition) is 9. The van der Waals surface area contributed by atoms with Crippen LogP contribution in [0.25, 0.3) is 33.4 Å². The Kier molecular flexibility index (Phi) is 8.16. The second-order valence-corrected chi connectivity index (χ2v) is 10.6.